The average molecular weight is 281 g/mol. The van der Waals surface area contributed by atoms with Gasteiger partial charge in [0.1, 0.15) is 11.6 Å². The van der Waals surface area contributed by atoms with E-state index < -0.39 is 4.92 Å². The Bertz CT molecular complexity index is 492. The quantitative estimate of drug-likeness (QED) is 0.571. The minimum atomic E-state index is -0.476. The number of aromatic nitrogens is 1. The van der Waals surface area contributed by atoms with Crippen molar-refractivity contribution in [1.29, 1.82) is 0 Å². The molecule has 0 aromatic carbocycles. The van der Waals surface area contributed by atoms with Crippen LogP contribution in [0.15, 0.2) is 12.1 Å². The first-order valence-corrected chi connectivity index (χ1v) is 6.31. The summed E-state index contributed by atoms with van der Waals surface area (Å²) < 4.78 is 0. The molecule has 8 nitrogen and oxygen atoms in total. The van der Waals surface area contributed by atoms with Gasteiger partial charge < -0.3 is 15.5 Å². The molecule has 0 saturated heterocycles. The second-order valence-corrected chi connectivity index (χ2v) is 4.17. The fourth-order valence-electron chi connectivity index (χ4n) is 1.69. The molecular weight excluding hydrogens is 262 g/mol. The maximum Gasteiger partial charge on any atom is 0.276 e. The number of nitrogens with one attached hydrogen (secondary N) is 2. The lowest BCUT2D eigenvalue weighted by molar-refractivity contribution is -0.384. The van der Waals surface area contributed by atoms with E-state index >= 15 is 0 Å². The molecule has 1 amide bonds. The molecule has 0 spiro atoms. The standard InChI is InChI=1S/C12H19N5O3/c1-4-5-16(8-12(18)14-3)11-7-9(17(19)20)6-10(13-2)15-11/h6-7H,4-5,8H2,1-3H3,(H,13,15)(H,14,18). The molecule has 0 fully saturated rings. The van der Waals surface area contributed by atoms with Crippen molar-refractivity contribution < 1.29 is 9.72 Å². The number of nitro groups is 1. The van der Waals surface area contributed by atoms with E-state index in [0.29, 0.717) is 18.2 Å². The molecule has 2 N–H and O–H groups in total. The first-order valence-electron chi connectivity index (χ1n) is 6.31. The van der Waals surface area contributed by atoms with Gasteiger partial charge in [-0.05, 0) is 6.42 Å². The fraction of sp³-hybridized carbons (Fsp3) is 0.500. The van der Waals surface area contributed by atoms with Crippen molar-refractivity contribution in [2.24, 2.45) is 0 Å². The monoisotopic (exact) mass is 281 g/mol. The normalized spacial score (nSPS) is 9.95. The van der Waals surface area contributed by atoms with E-state index in [1.165, 1.54) is 12.1 Å². The van der Waals surface area contributed by atoms with Crippen LogP contribution in [-0.4, -0.2) is 43.0 Å². The van der Waals surface area contributed by atoms with Crippen LogP contribution in [0.5, 0.6) is 0 Å². The number of pyridine rings is 1. The average Bonchev–Trinajstić information content (AvgIpc) is 2.45. The Morgan fingerprint density at radius 3 is 2.65 bits per heavy atom. The second kappa shape index (κ2) is 7.27. The molecule has 1 aromatic heterocycles. The number of amides is 1. The largest absolute Gasteiger partial charge is 0.373 e. The molecule has 0 aliphatic carbocycles. The van der Waals surface area contributed by atoms with Gasteiger partial charge in [0.05, 0.1) is 23.6 Å². The molecule has 20 heavy (non-hydrogen) atoms. The molecule has 110 valence electrons. The van der Waals surface area contributed by atoms with Crippen molar-refractivity contribution in [3.63, 3.8) is 0 Å². The van der Waals surface area contributed by atoms with E-state index in [-0.39, 0.29) is 18.1 Å². The second-order valence-electron chi connectivity index (χ2n) is 4.17. The number of rotatable bonds is 7. The Morgan fingerprint density at radius 2 is 2.15 bits per heavy atom. The van der Waals surface area contributed by atoms with E-state index in [9.17, 15) is 14.9 Å². The smallest absolute Gasteiger partial charge is 0.276 e. The number of likely N-dealkylation sites (N-methyl/N-ethyl adjacent to an activating group) is 1. The molecule has 1 rings (SSSR count). The summed E-state index contributed by atoms with van der Waals surface area (Å²) in [5.41, 5.74) is -0.0580. The SMILES string of the molecule is CCCN(CC(=O)NC)c1cc([N+](=O)[O-])cc(NC)n1. The van der Waals surface area contributed by atoms with E-state index in [1.807, 2.05) is 6.92 Å². The molecule has 1 heterocycles. The molecule has 0 radical (unpaired) electrons. The van der Waals surface area contributed by atoms with Crippen molar-refractivity contribution in [2.75, 3.05) is 37.4 Å². The summed E-state index contributed by atoms with van der Waals surface area (Å²) in [7, 11) is 3.19. The summed E-state index contributed by atoms with van der Waals surface area (Å²) in [6.07, 6.45) is 0.802. The minimum Gasteiger partial charge on any atom is -0.373 e. The lowest BCUT2D eigenvalue weighted by Gasteiger charge is -2.22. The lowest BCUT2D eigenvalue weighted by Crippen LogP contribution is -2.36. The zero-order valence-electron chi connectivity index (χ0n) is 11.8. The third kappa shape index (κ3) is 4.08. The predicted octanol–water partition coefficient (Wildman–Crippen LogP) is 0.994. The molecule has 1 aromatic rings. The highest BCUT2D eigenvalue weighted by Crippen LogP contribution is 2.23. The number of carbonyl (C=O) groups is 1. The van der Waals surface area contributed by atoms with E-state index in [0.717, 1.165) is 6.42 Å². The molecule has 0 saturated carbocycles. The van der Waals surface area contributed by atoms with Gasteiger partial charge in [0.25, 0.3) is 5.69 Å². The predicted molar refractivity (Wildman–Crippen MR) is 77.0 cm³/mol. The maximum atomic E-state index is 11.5. The van der Waals surface area contributed by atoms with Crippen LogP contribution in [0.2, 0.25) is 0 Å². The summed E-state index contributed by atoms with van der Waals surface area (Å²) in [6, 6.07) is 2.73. The Morgan fingerprint density at radius 1 is 1.45 bits per heavy atom. The third-order valence-electron chi connectivity index (χ3n) is 2.69. The first-order chi connectivity index (χ1) is 9.51. The van der Waals surface area contributed by atoms with Gasteiger partial charge in [-0.3, -0.25) is 14.9 Å². The van der Waals surface area contributed by atoms with Crippen molar-refractivity contribution >= 4 is 23.2 Å². The fourth-order valence-corrected chi connectivity index (χ4v) is 1.69. The number of nitrogens with zero attached hydrogens (tertiary/aromatic N) is 3. The van der Waals surface area contributed by atoms with Crippen LogP contribution in [0.25, 0.3) is 0 Å². The Balaban J connectivity index is 3.13. The molecule has 0 atom stereocenters. The zero-order chi connectivity index (χ0) is 15.1. The van der Waals surface area contributed by atoms with Gasteiger partial charge in [0.15, 0.2) is 0 Å². The van der Waals surface area contributed by atoms with E-state index in [4.69, 9.17) is 0 Å². The summed E-state index contributed by atoms with van der Waals surface area (Å²) in [5, 5.41) is 16.2. The van der Waals surface area contributed by atoms with Crippen LogP contribution in [-0.2, 0) is 4.79 Å². The lowest BCUT2D eigenvalue weighted by atomic mass is 10.3. The summed E-state index contributed by atoms with van der Waals surface area (Å²) in [5.74, 6) is 0.638. The summed E-state index contributed by atoms with van der Waals surface area (Å²) in [6.45, 7) is 2.67. The van der Waals surface area contributed by atoms with E-state index in [2.05, 4.69) is 15.6 Å². The third-order valence-corrected chi connectivity index (χ3v) is 2.69. The molecular formula is C12H19N5O3. The van der Waals surface area contributed by atoms with Crippen molar-refractivity contribution in [2.45, 2.75) is 13.3 Å². The van der Waals surface area contributed by atoms with Gasteiger partial charge in [-0.15, -0.1) is 0 Å². The number of hydrogen-bond acceptors (Lipinski definition) is 6. The van der Waals surface area contributed by atoms with Gasteiger partial charge in [-0.25, -0.2) is 4.98 Å². The van der Waals surface area contributed by atoms with Crippen LogP contribution in [0.4, 0.5) is 17.3 Å². The van der Waals surface area contributed by atoms with Crippen molar-refractivity contribution in [3.05, 3.63) is 22.2 Å². The Kier molecular flexibility index (Phi) is 5.70. The molecule has 0 unspecified atom stereocenters. The van der Waals surface area contributed by atoms with Gasteiger partial charge in [-0.2, -0.15) is 0 Å². The molecule has 0 bridgehead atoms. The highest BCUT2D eigenvalue weighted by atomic mass is 16.6. The maximum absolute atomic E-state index is 11.5. The van der Waals surface area contributed by atoms with Crippen LogP contribution >= 0.6 is 0 Å². The minimum absolute atomic E-state index is 0.0580. The number of carbonyl (C=O) groups excluding carboxylic acids is 1. The van der Waals surface area contributed by atoms with Gasteiger partial charge >= 0.3 is 0 Å². The van der Waals surface area contributed by atoms with Gasteiger partial charge in [0.2, 0.25) is 5.91 Å². The topological polar surface area (TPSA) is 100 Å². The van der Waals surface area contributed by atoms with Crippen LogP contribution < -0.4 is 15.5 Å². The first kappa shape index (κ1) is 15.7. The summed E-state index contributed by atoms with van der Waals surface area (Å²) >= 11 is 0. The molecule has 0 aliphatic heterocycles. The number of anilines is 2. The highest BCUT2D eigenvalue weighted by Gasteiger charge is 2.17. The zero-order valence-corrected chi connectivity index (χ0v) is 11.8. The Labute approximate surface area is 117 Å². The highest BCUT2D eigenvalue weighted by molar-refractivity contribution is 5.81. The van der Waals surface area contributed by atoms with Crippen molar-refractivity contribution in [1.82, 2.24) is 10.3 Å². The summed E-state index contributed by atoms with van der Waals surface area (Å²) in [4.78, 5) is 28.0. The van der Waals surface area contributed by atoms with E-state index in [1.54, 1.807) is 19.0 Å². The van der Waals surface area contributed by atoms with Gasteiger partial charge in [-0.1, -0.05) is 6.92 Å². The van der Waals surface area contributed by atoms with Crippen LogP contribution in [0, 0.1) is 10.1 Å². The molecule has 8 heteroatoms. The number of hydrogen-bond donors (Lipinski definition) is 2. The van der Waals surface area contributed by atoms with Crippen LogP contribution in [0.1, 0.15) is 13.3 Å². The van der Waals surface area contributed by atoms with Gasteiger partial charge in [0, 0.05) is 20.6 Å². The van der Waals surface area contributed by atoms with Crippen molar-refractivity contribution in [3.8, 4) is 0 Å². The van der Waals surface area contributed by atoms with Crippen LogP contribution in [0.3, 0.4) is 0 Å². The molecule has 0 aliphatic rings. The Hall–Kier alpha value is -2.38.